The molecule has 0 aliphatic carbocycles. The molecule has 0 saturated carbocycles. The molecule has 21 heavy (non-hydrogen) atoms. The highest BCUT2D eigenvalue weighted by molar-refractivity contribution is 7.99. The van der Waals surface area contributed by atoms with Crippen LogP contribution < -0.4 is 0 Å². The van der Waals surface area contributed by atoms with E-state index in [0.717, 1.165) is 6.42 Å². The van der Waals surface area contributed by atoms with Crippen molar-refractivity contribution in [1.29, 1.82) is 0 Å². The molecule has 0 unspecified atom stereocenters. The predicted octanol–water partition coefficient (Wildman–Crippen LogP) is 6.25. The average molecular weight is 298 g/mol. The van der Waals surface area contributed by atoms with Crippen LogP contribution in [0.1, 0.15) is 45.9 Å². The summed E-state index contributed by atoms with van der Waals surface area (Å²) < 4.78 is 0. The van der Waals surface area contributed by atoms with E-state index in [0.29, 0.717) is 0 Å². The lowest BCUT2D eigenvalue weighted by molar-refractivity contribution is 1.02. The molecular formula is C20H26S. The van der Waals surface area contributed by atoms with E-state index >= 15 is 0 Å². The summed E-state index contributed by atoms with van der Waals surface area (Å²) in [5, 5.41) is 0. The van der Waals surface area contributed by atoms with Crippen LogP contribution in [0.15, 0.2) is 28.0 Å². The number of aryl methyl sites for hydroxylation is 5. The van der Waals surface area contributed by atoms with Gasteiger partial charge in [-0.05, 0) is 81.3 Å². The van der Waals surface area contributed by atoms with E-state index in [1.165, 1.54) is 48.7 Å². The van der Waals surface area contributed by atoms with Gasteiger partial charge in [0.1, 0.15) is 0 Å². The molecule has 2 aromatic rings. The van der Waals surface area contributed by atoms with E-state index < -0.39 is 0 Å². The SMILES string of the molecule is CCc1c(C)cc(C)c(C)c1Sc1c(C)cc(C)cc1C. The van der Waals surface area contributed by atoms with E-state index in [-0.39, 0.29) is 0 Å². The molecule has 0 aliphatic rings. The standard InChI is InChI=1S/C20H26S/c1-8-18-14(4)11-13(3)17(7)20(18)21-19-15(5)9-12(2)10-16(19)6/h9-11H,8H2,1-7H3. The van der Waals surface area contributed by atoms with Crippen molar-refractivity contribution < 1.29 is 0 Å². The number of benzene rings is 2. The van der Waals surface area contributed by atoms with Crippen LogP contribution in [0, 0.1) is 41.5 Å². The van der Waals surface area contributed by atoms with E-state index in [1.54, 1.807) is 0 Å². The summed E-state index contributed by atoms with van der Waals surface area (Å²) in [4.78, 5) is 2.88. The fraction of sp³-hybridized carbons (Fsp3) is 0.400. The summed E-state index contributed by atoms with van der Waals surface area (Å²) in [6.07, 6.45) is 1.10. The van der Waals surface area contributed by atoms with Crippen LogP contribution in [0.25, 0.3) is 0 Å². The normalized spacial score (nSPS) is 11.0. The Morgan fingerprint density at radius 2 is 1.29 bits per heavy atom. The summed E-state index contributed by atoms with van der Waals surface area (Å²) in [5.41, 5.74) is 9.88. The van der Waals surface area contributed by atoms with Crippen LogP contribution in [0.2, 0.25) is 0 Å². The molecule has 0 atom stereocenters. The van der Waals surface area contributed by atoms with E-state index in [4.69, 9.17) is 0 Å². The molecule has 0 fully saturated rings. The first-order valence-corrected chi connectivity index (χ1v) is 8.52. The van der Waals surface area contributed by atoms with Crippen molar-refractivity contribution in [2.24, 2.45) is 0 Å². The highest BCUT2D eigenvalue weighted by atomic mass is 32.2. The van der Waals surface area contributed by atoms with Crippen LogP contribution in [0.5, 0.6) is 0 Å². The largest absolute Gasteiger partial charge is 0.0890 e. The zero-order valence-electron chi connectivity index (χ0n) is 14.3. The van der Waals surface area contributed by atoms with Gasteiger partial charge in [0.25, 0.3) is 0 Å². The topological polar surface area (TPSA) is 0 Å². The highest BCUT2D eigenvalue weighted by Crippen LogP contribution is 2.39. The van der Waals surface area contributed by atoms with Crippen molar-refractivity contribution in [3.8, 4) is 0 Å². The summed E-state index contributed by atoms with van der Waals surface area (Å²) in [6, 6.07) is 6.91. The minimum Gasteiger partial charge on any atom is -0.0890 e. The van der Waals surface area contributed by atoms with Crippen molar-refractivity contribution in [2.45, 2.75) is 64.7 Å². The van der Waals surface area contributed by atoms with Gasteiger partial charge < -0.3 is 0 Å². The zero-order valence-corrected chi connectivity index (χ0v) is 15.2. The molecule has 2 rings (SSSR count). The average Bonchev–Trinajstić information content (AvgIpc) is 2.39. The van der Waals surface area contributed by atoms with Gasteiger partial charge in [-0.2, -0.15) is 0 Å². The maximum absolute atomic E-state index is 2.33. The Morgan fingerprint density at radius 1 is 0.714 bits per heavy atom. The lowest BCUT2D eigenvalue weighted by Crippen LogP contribution is -1.98. The molecule has 1 heteroatoms. The van der Waals surface area contributed by atoms with Crippen molar-refractivity contribution in [1.82, 2.24) is 0 Å². The summed E-state index contributed by atoms with van der Waals surface area (Å²) >= 11 is 1.96. The molecule has 0 bridgehead atoms. The summed E-state index contributed by atoms with van der Waals surface area (Å²) in [6.45, 7) is 15.6. The Labute approximate surface area is 134 Å². The fourth-order valence-corrected chi connectivity index (χ4v) is 4.50. The van der Waals surface area contributed by atoms with Crippen LogP contribution in [-0.2, 0) is 6.42 Å². The van der Waals surface area contributed by atoms with Gasteiger partial charge in [-0.3, -0.25) is 0 Å². The van der Waals surface area contributed by atoms with E-state index in [1.807, 2.05) is 11.8 Å². The van der Waals surface area contributed by atoms with Crippen LogP contribution >= 0.6 is 11.8 Å². The third-order valence-corrected chi connectivity index (χ3v) is 5.88. The third kappa shape index (κ3) is 3.18. The third-order valence-electron chi connectivity index (χ3n) is 4.28. The Bertz CT molecular complexity index is 658. The van der Waals surface area contributed by atoms with Crippen molar-refractivity contribution in [2.75, 3.05) is 0 Å². The smallest absolute Gasteiger partial charge is 0.0188 e. The van der Waals surface area contributed by atoms with Crippen LogP contribution in [0.4, 0.5) is 0 Å². The lowest BCUT2D eigenvalue weighted by atomic mass is 9.99. The molecule has 0 saturated heterocycles. The van der Waals surface area contributed by atoms with Gasteiger partial charge in [-0.1, -0.05) is 42.4 Å². The molecule has 0 radical (unpaired) electrons. The van der Waals surface area contributed by atoms with Crippen LogP contribution in [-0.4, -0.2) is 0 Å². The van der Waals surface area contributed by atoms with Crippen molar-refractivity contribution >= 4 is 11.8 Å². The van der Waals surface area contributed by atoms with Gasteiger partial charge in [-0.25, -0.2) is 0 Å². The minimum absolute atomic E-state index is 1.10. The molecule has 0 spiro atoms. The Balaban J connectivity index is 2.59. The van der Waals surface area contributed by atoms with Gasteiger partial charge in [0.2, 0.25) is 0 Å². The molecule has 0 nitrogen and oxygen atoms in total. The van der Waals surface area contributed by atoms with Gasteiger partial charge in [0.15, 0.2) is 0 Å². The molecule has 0 N–H and O–H groups in total. The van der Waals surface area contributed by atoms with Gasteiger partial charge in [0.05, 0.1) is 0 Å². The van der Waals surface area contributed by atoms with E-state index in [2.05, 4.69) is 66.7 Å². The highest BCUT2D eigenvalue weighted by Gasteiger charge is 2.14. The minimum atomic E-state index is 1.10. The monoisotopic (exact) mass is 298 g/mol. The summed E-state index contributed by atoms with van der Waals surface area (Å²) in [7, 11) is 0. The second-order valence-corrected chi connectivity index (χ2v) is 7.15. The first-order chi connectivity index (χ1) is 9.85. The summed E-state index contributed by atoms with van der Waals surface area (Å²) in [5.74, 6) is 0. The van der Waals surface area contributed by atoms with Crippen molar-refractivity contribution in [3.05, 3.63) is 57.1 Å². The van der Waals surface area contributed by atoms with Gasteiger partial charge in [0, 0.05) is 9.79 Å². The molecule has 112 valence electrons. The number of rotatable bonds is 3. The molecule has 0 aliphatic heterocycles. The maximum atomic E-state index is 2.33. The van der Waals surface area contributed by atoms with Crippen LogP contribution in [0.3, 0.4) is 0 Å². The maximum Gasteiger partial charge on any atom is 0.0188 e. The Morgan fingerprint density at radius 3 is 1.81 bits per heavy atom. The second-order valence-electron chi connectivity index (χ2n) is 6.13. The van der Waals surface area contributed by atoms with Gasteiger partial charge in [-0.15, -0.1) is 0 Å². The molecule has 0 aromatic heterocycles. The Kier molecular flexibility index (Phi) is 4.83. The molecule has 0 amide bonds. The van der Waals surface area contributed by atoms with Crippen molar-refractivity contribution in [3.63, 3.8) is 0 Å². The zero-order chi connectivity index (χ0) is 15.7. The fourth-order valence-electron chi connectivity index (χ4n) is 3.11. The Hall–Kier alpha value is -1.21. The number of hydrogen-bond acceptors (Lipinski definition) is 1. The quantitative estimate of drug-likeness (QED) is 0.645. The lowest BCUT2D eigenvalue weighted by Gasteiger charge is -2.19. The van der Waals surface area contributed by atoms with E-state index in [9.17, 15) is 0 Å². The molecule has 0 heterocycles. The molecular weight excluding hydrogens is 272 g/mol. The number of hydrogen-bond donors (Lipinski definition) is 0. The van der Waals surface area contributed by atoms with Gasteiger partial charge >= 0.3 is 0 Å². The second kappa shape index (κ2) is 6.27. The molecule has 2 aromatic carbocycles. The first-order valence-electron chi connectivity index (χ1n) is 7.70. The first kappa shape index (κ1) is 16.2. The predicted molar refractivity (Wildman–Crippen MR) is 94.8 cm³/mol.